The second kappa shape index (κ2) is 7.14. The summed E-state index contributed by atoms with van der Waals surface area (Å²) in [7, 11) is 3.40. The highest BCUT2D eigenvalue weighted by molar-refractivity contribution is 9.10. The number of aromatic nitrogens is 3. The lowest BCUT2D eigenvalue weighted by Crippen LogP contribution is -2.06. The summed E-state index contributed by atoms with van der Waals surface area (Å²) in [6, 6.07) is 5.15. The van der Waals surface area contributed by atoms with Gasteiger partial charge >= 0.3 is 5.97 Å². The number of halogens is 1. The number of benzene rings is 1. The van der Waals surface area contributed by atoms with Crippen LogP contribution in [0.25, 0.3) is 10.6 Å². The molecule has 1 aromatic carbocycles. The maximum atomic E-state index is 12.2. The molecule has 2 heterocycles. The Morgan fingerprint density at radius 3 is 2.96 bits per heavy atom. The Morgan fingerprint density at radius 2 is 2.25 bits per heavy atom. The van der Waals surface area contributed by atoms with Crippen LogP contribution in [0.4, 0.5) is 0 Å². The molecule has 124 valence electrons. The fourth-order valence-electron chi connectivity index (χ4n) is 2.04. The van der Waals surface area contributed by atoms with E-state index in [2.05, 4.69) is 26.0 Å². The average Bonchev–Trinajstić information content (AvgIpc) is 3.22. The number of hydrogen-bond donors (Lipinski definition) is 0. The third-order valence-corrected chi connectivity index (χ3v) is 4.88. The zero-order valence-corrected chi connectivity index (χ0v) is 15.4. The van der Waals surface area contributed by atoms with Gasteiger partial charge in [0.25, 0.3) is 0 Å². The second-order valence-corrected chi connectivity index (χ2v) is 6.68. The lowest BCUT2D eigenvalue weighted by Gasteiger charge is -2.07. The predicted octanol–water partition coefficient (Wildman–Crippen LogP) is 3.67. The van der Waals surface area contributed by atoms with Crippen LogP contribution in [0.1, 0.15) is 16.1 Å². The number of rotatable bonds is 5. The Hall–Kier alpha value is -2.19. The summed E-state index contributed by atoms with van der Waals surface area (Å²) < 4.78 is 12.9. The van der Waals surface area contributed by atoms with Crippen molar-refractivity contribution in [1.82, 2.24) is 14.8 Å². The highest BCUT2D eigenvalue weighted by Gasteiger charge is 2.14. The number of methoxy groups -OCH3 is 1. The number of carbonyl (C=O) groups is 1. The lowest BCUT2D eigenvalue weighted by molar-refractivity contribution is 0.0467. The summed E-state index contributed by atoms with van der Waals surface area (Å²) >= 11 is 4.83. The van der Waals surface area contributed by atoms with Crippen LogP contribution in [0.15, 0.2) is 40.4 Å². The third kappa shape index (κ3) is 3.65. The maximum Gasteiger partial charge on any atom is 0.339 e. The van der Waals surface area contributed by atoms with Gasteiger partial charge in [-0.2, -0.15) is 5.10 Å². The summed E-state index contributed by atoms with van der Waals surface area (Å²) in [6.07, 6.45) is 3.64. The van der Waals surface area contributed by atoms with Crippen molar-refractivity contribution in [1.29, 1.82) is 0 Å². The number of aryl methyl sites for hydroxylation is 1. The Kier molecular flexibility index (Phi) is 4.96. The highest BCUT2D eigenvalue weighted by atomic mass is 79.9. The third-order valence-electron chi connectivity index (χ3n) is 3.25. The van der Waals surface area contributed by atoms with Crippen LogP contribution in [0.3, 0.4) is 0 Å². The molecule has 3 rings (SSSR count). The summed E-state index contributed by atoms with van der Waals surface area (Å²) in [5, 5.41) is 6.84. The second-order valence-electron chi connectivity index (χ2n) is 4.97. The normalized spacial score (nSPS) is 10.6. The molecule has 2 aromatic heterocycles. The average molecular weight is 408 g/mol. The Bertz CT molecular complexity index is 875. The minimum atomic E-state index is -0.434. The fourth-order valence-corrected chi connectivity index (χ4v) is 3.23. The molecule has 0 amide bonds. The molecule has 0 radical (unpaired) electrons. The van der Waals surface area contributed by atoms with Gasteiger partial charge in [-0.25, -0.2) is 9.78 Å². The summed E-state index contributed by atoms with van der Waals surface area (Å²) in [5.74, 6) is 0.161. The summed E-state index contributed by atoms with van der Waals surface area (Å²) in [4.78, 5) is 16.7. The Labute approximate surface area is 151 Å². The molecule has 0 aliphatic carbocycles. The van der Waals surface area contributed by atoms with Gasteiger partial charge in [-0.1, -0.05) is 0 Å². The van der Waals surface area contributed by atoms with E-state index in [1.807, 2.05) is 18.6 Å². The van der Waals surface area contributed by atoms with Crippen LogP contribution < -0.4 is 4.74 Å². The molecule has 6 nitrogen and oxygen atoms in total. The molecule has 0 atom stereocenters. The molecular weight excluding hydrogens is 394 g/mol. The van der Waals surface area contributed by atoms with Crippen molar-refractivity contribution in [3.05, 3.63) is 51.7 Å². The van der Waals surface area contributed by atoms with Crippen LogP contribution in [0.5, 0.6) is 5.75 Å². The zero-order valence-electron chi connectivity index (χ0n) is 13.0. The van der Waals surface area contributed by atoms with Crippen LogP contribution in [-0.2, 0) is 18.4 Å². The number of thiazole rings is 1. The van der Waals surface area contributed by atoms with Gasteiger partial charge in [-0.05, 0) is 34.1 Å². The van der Waals surface area contributed by atoms with Crippen molar-refractivity contribution in [2.24, 2.45) is 7.05 Å². The summed E-state index contributed by atoms with van der Waals surface area (Å²) in [5.41, 5.74) is 2.05. The number of ether oxygens (including phenoxy) is 2. The number of esters is 1. The van der Waals surface area contributed by atoms with Gasteiger partial charge in [-0.3, -0.25) is 4.68 Å². The van der Waals surface area contributed by atoms with E-state index in [9.17, 15) is 4.79 Å². The smallest absolute Gasteiger partial charge is 0.339 e. The molecular formula is C16H14BrN3O3S. The predicted molar refractivity (Wildman–Crippen MR) is 94.1 cm³/mol. The molecule has 0 saturated heterocycles. The van der Waals surface area contributed by atoms with Gasteiger partial charge < -0.3 is 9.47 Å². The standard InChI is InChI=1S/C16H14BrN3O3S/c1-20-7-10(6-18-20)15-19-11(9-24-15)8-23-16(21)13-5-12(22-2)3-4-14(13)17/h3-7,9H,8H2,1-2H3. The monoisotopic (exact) mass is 407 g/mol. The van der Waals surface area contributed by atoms with Crippen LogP contribution in [-0.4, -0.2) is 27.8 Å². The zero-order chi connectivity index (χ0) is 17.1. The van der Waals surface area contributed by atoms with Crippen molar-refractivity contribution >= 4 is 33.2 Å². The summed E-state index contributed by atoms with van der Waals surface area (Å²) in [6.45, 7) is 0.110. The first kappa shape index (κ1) is 16.7. The molecule has 0 aliphatic rings. The van der Waals surface area contributed by atoms with Crippen molar-refractivity contribution in [2.75, 3.05) is 7.11 Å². The molecule has 0 aliphatic heterocycles. The molecule has 3 aromatic rings. The fraction of sp³-hybridized carbons (Fsp3) is 0.188. The van der Waals surface area contributed by atoms with Crippen molar-refractivity contribution in [3.63, 3.8) is 0 Å². The van der Waals surface area contributed by atoms with E-state index in [1.165, 1.54) is 11.3 Å². The van der Waals surface area contributed by atoms with Crippen molar-refractivity contribution in [3.8, 4) is 16.3 Å². The van der Waals surface area contributed by atoms with Gasteiger partial charge in [-0.15, -0.1) is 11.3 Å². The maximum absolute atomic E-state index is 12.2. The van der Waals surface area contributed by atoms with Gasteiger partial charge in [0.05, 0.1) is 24.6 Å². The quantitative estimate of drug-likeness (QED) is 0.603. The highest BCUT2D eigenvalue weighted by Crippen LogP contribution is 2.25. The van der Waals surface area contributed by atoms with Crippen molar-refractivity contribution < 1.29 is 14.3 Å². The largest absolute Gasteiger partial charge is 0.497 e. The topological polar surface area (TPSA) is 66.2 Å². The minimum Gasteiger partial charge on any atom is -0.497 e. The van der Waals surface area contributed by atoms with Crippen molar-refractivity contribution in [2.45, 2.75) is 6.61 Å². The lowest BCUT2D eigenvalue weighted by atomic mass is 10.2. The van der Waals surface area contributed by atoms with Gasteiger partial charge in [0.1, 0.15) is 17.4 Å². The first-order valence-corrected chi connectivity index (χ1v) is 8.68. The number of carbonyl (C=O) groups excluding carboxylic acids is 1. The van der Waals surface area contributed by atoms with E-state index in [1.54, 1.807) is 36.2 Å². The van der Waals surface area contributed by atoms with E-state index < -0.39 is 5.97 Å². The van der Waals surface area contributed by atoms with E-state index in [4.69, 9.17) is 9.47 Å². The Balaban J connectivity index is 1.68. The van der Waals surface area contributed by atoms with E-state index in [0.717, 1.165) is 10.6 Å². The SMILES string of the molecule is COc1ccc(Br)c(C(=O)OCc2csc(-c3cnn(C)c3)n2)c1. The molecule has 24 heavy (non-hydrogen) atoms. The van der Waals surface area contributed by atoms with E-state index in [0.29, 0.717) is 21.5 Å². The number of nitrogens with zero attached hydrogens (tertiary/aromatic N) is 3. The van der Waals surface area contributed by atoms with Crippen LogP contribution in [0.2, 0.25) is 0 Å². The molecule has 0 unspecified atom stereocenters. The van der Waals surface area contributed by atoms with Gasteiger partial charge in [0.15, 0.2) is 0 Å². The number of hydrogen-bond acceptors (Lipinski definition) is 6. The molecule has 0 bridgehead atoms. The molecule has 0 saturated carbocycles. The first-order chi connectivity index (χ1) is 11.6. The Morgan fingerprint density at radius 1 is 1.42 bits per heavy atom. The minimum absolute atomic E-state index is 0.110. The molecule has 8 heteroatoms. The van der Waals surface area contributed by atoms with Gasteiger partial charge in [0, 0.05) is 28.7 Å². The van der Waals surface area contributed by atoms with Crippen LogP contribution in [0, 0.1) is 0 Å². The van der Waals surface area contributed by atoms with E-state index >= 15 is 0 Å². The first-order valence-electron chi connectivity index (χ1n) is 7.01. The van der Waals surface area contributed by atoms with E-state index in [-0.39, 0.29) is 6.61 Å². The molecule has 0 fully saturated rings. The van der Waals surface area contributed by atoms with Crippen LogP contribution >= 0.6 is 27.3 Å². The molecule has 0 N–H and O–H groups in total. The molecule has 0 spiro atoms. The van der Waals surface area contributed by atoms with Gasteiger partial charge in [0.2, 0.25) is 0 Å².